The number of carbonyl (C=O) groups is 2. The Labute approximate surface area is 91.4 Å². The van der Waals surface area contributed by atoms with Gasteiger partial charge in [-0.05, 0) is 43.4 Å². The minimum absolute atomic E-state index is 0.0353. The summed E-state index contributed by atoms with van der Waals surface area (Å²) in [5.41, 5.74) is 0. The molecule has 0 aromatic rings. The number of rotatable bonds is 5. The molecule has 0 radical (unpaired) electrons. The van der Waals surface area contributed by atoms with E-state index in [1.54, 1.807) is 0 Å². The first-order chi connectivity index (χ1) is 7.24. The van der Waals surface area contributed by atoms with Gasteiger partial charge < -0.3 is 9.59 Å². The van der Waals surface area contributed by atoms with Gasteiger partial charge in [0.1, 0.15) is 12.6 Å². The van der Waals surface area contributed by atoms with Gasteiger partial charge in [0.15, 0.2) is 0 Å². The minimum Gasteiger partial charge on any atom is -0.303 e. The van der Waals surface area contributed by atoms with Crippen molar-refractivity contribution < 1.29 is 9.59 Å². The highest BCUT2D eigenvalue weighted by Crippen LogP contribution is 2.50. The van der Waals surface area contributed by atoms with E-state index in [1.165, 1.54) is 25.7 Å². The highest BCUT2D eigenvalue weighted by Gasteiger charge is 2.40. The van der Waals surface area contributed by atoms with E-state index in [4.69, 9.17) is 0 Å². The highest BCUT2D eigenvalue weighted by molar-refractivity contribution is 5.64. The maximum absolute atomic E-state index is 10.9. The van der Waals surface area contributed by atoms with Crippen LogP contribution in [0.25, 0.3) is 0 Å². The smallest absolute Gasteiger partial charge is 0.123 e. The van der Waals surface area contributed by atoms with Crippen LogP contribution in [0, 0.1) is 29.6 Å². The molecule has 0 aliphatic heterocycles. The lowest BCUT2D eigenvalue weighted by molar-refractivity contribution is -0.119. The van der Waals surface area contributed by atoms with E-state index in [9.17, 15) is 9.59 Å². The monoisotopic (exact) mass is 208 g/mol. The Balaban J connectivity index is 1.90. The van der Waals surface area contributed by atoms with Crippen LogP contribution in [0.15, 0.2) is 0 Å². The first kappa shape index (κ1) is 10.8. The lowest BCUT2D eigenvalue weighted by Crippen LogP contribution is -2.21. The Hall–Kier alpha value is -0.660. The molecule has 0 amide bonds. The van der Waals surface area contributed by atoms with Crippen LogP contribution in [0.4, 0.5) is 0 Å². The zero-order valence-corrected chi connectivity index (χ0v) is 9.39. The SMILES string of the molecule is CC(C=O)C(C=O)CC1CC2CCC1C2. The second kappa shape index (κ2) is 4.46. The van der Waals surface area contributed by atoms with Crippen LogP contribution in [0.1, 0.15) is 39.0 Å². The molecule has 2 heteroatoms. The molecule has 2 fully saturated rings. The summed E-state index contributed by atoms with van der Waals surface area (Å²) < 4.78 is 0. The first-order valence-electron chi connectivity index (χ1n) is 6.15. The fourth-order valence-corrected chi connectivity index (χ4v) is 3.51. The van der Waals surface area contributed by atoms with Crippen LogP contribution in [0.3, 0.4) is 0 Å². The van der Waals surface area contributed by atoms with Crippen LogP contribution in [-0.2, 0) is 9.59 Å². The van der Waals surface area contributed by atoms with Crippen molar-refractivity contribution >= 4 is 12.6 Å². The molecule has 0 spiro atoms. The van der Waals surface area contributed by atoms with E-state index in [2.05, 4.69) is 0 Å². The molecule has 0 heterocycles. The van der Waals surface area contributed by atoms with Crippen molar-refractivity contribution in [1.29, 1.82) is 0 Å². The predicted molar refractivity (Wildman–Crippen MR) is 58.3 cm³/mol. The third-order valence-corrected chi connectivity index (χ3v) is 4.52. The maximum Gasteiger partial charge on any atom is 0.123 e. The fourth-order valence-electron chi connectivity index (χ4n) is 3.51. The predicted octanol–water partition coefficient (Wildman–Crippen LogP) is 2.46. The summed E-state index contributed by atoms with van der Waals surface area (Å²) in [4.78, 5) is 21.6. The van der Waals surface area contributed by atoms with Crippen molar-refractivity contribution in [3.8, 4) is 0 Å². The lowest BCUT2D eigenvalue weighted by atomic mass is 9.79. The van der Waals surface area contributed by atoms with Crippen LogP contribution in [-0.4, -0.2) is 12.6 Å². The number of hydrogen-bond acceptors (Lipinski definition) is 2. The quantitative estimate of drug-likeness (QED) is 0.650. The number of fused-ring (bicyclic) bond motifs is 2. The summed E-state index contributed by atoms with van der Waals surface area (Å²) in [7, 11) is 0. The van der Waals surface area contributed by atoms with E-state index >= 15 is 0 Å². The molecule has 0 N–H and O–H groups in total. The summed E-state index contributed by atoms with van der Waals surface area (Å²) in [5.74, 6) is 2.38. The van der Waals surface area contributed by atoms with Gasteiger partial charge in [0.25, 0.3) is 0 Å². The van der Waals surface area contributed by atoms with Crippen LogP contribution < -0.4 is 0 Å². The Kier molecular flexibility index (Phi) is 3.22. The van der Waals surface area contributed by atoms with E-state index in [0.717, 1.165) is 36.7 Å². The fraction of sp³-hybridized carbons (Fsp3) is 0.846. The van der Waals surface area contributed by atoms with Crippen molar-refractivity contribution in [1.82, 2.24) is 0 Å². The third-order valence-electron chi connectivity index (χ3n) is 4.52. The molecular formula is C13H20O2. The molecule has 2 bridgehead atoms. The van der Waals surface area contributed by atoms with Gasteiger partial charge in [-0.1, -0.05) is 13.3 Å². The van der Waals surface area contributed by atoms with Gasteiger partial charge in [0.05, 0.1) is 0 Å². The number of carbonyl (C=O) groups excluding carboxylic acids is 2. The van der Waals surface area contributed by atoms with Gasteiger partial charge in [-0.25, -0.2) is 0 Å². The van der Waals surface area contributed by atoms with Gasteiger partial charge in [-0.15, -0.1) is 0 Å². The van der Waals surface area contributed by atoms with Gasteiger partial charge in [0.2, 0.25) is 0 Å². The molecule has 2 saturated carbocycles. The molecule has 2 aliphatic rings. The summed E-state index contributed by atoms with van der Waals surface area (Å²) in [5, 5.41) is 0. The topological polar surface area (TPSA) is 34.1 Å². The van der Waals surface area contributed by atoms with E-state index < -0.39 is 0 Å². The molecule has 84 valence electrons. The molecule has 2 rings (SSSR count). The highest BCUT2D eigenvalue weighted by atomic mass is 16.1. The summed E-state index contributed by atoms with van der Waals surface area (Å²) in [6, 6.07) is 0. The van der Waals surface area contributed by atoms with Gasteiger partial charge >= 0.3 is 0 Å². The van der Waals surface area contributed by atoms with Gasteiger partial charge in [0, 0.05) is 11.8 Å². The largest absolute Gasteiger partial charge is 0.303 e. The maximum atomic E-state index is 10.9. The molecule has 2 aliphatic carbocycles. The molecule has 15 heavy (non-hydrogen) atoms. The van der Waals surface area contributed by atoms with E-state index in [1.807, 2.05) is 6.92 Å². The third kappa shape index (κ3) is 2.14. The summed E-state index contributed by atoms with van der Waals surface area (Å²) in [6.07, 6.45) is 8.31. The standard InChI is InChI=1S/C13H20O2/c1-9(7-14)13(8-15)6-12-5-10-2-3-11(12)4-10/h7-13H,2-6H2,1H3. The van der Waals surface area contributed by atoms with Crippen LogP contribution in [0.5, 0.6) is 0 Å². The zero-order valence-electron chi connectivity index (χ0n) is 9.39. The number of hydrogen-bond donors (Lipinski definition) is 0. The first-order valence-corrected chi connectivity index (χ1v) is 6.15. The Morgan fingerprint density at radius 1 is 1.20 bits per heavy atom. The second-order valence-corrected chi connectivity index (χ2v) is 5.47. The van der Waals surface area contributed by atoms with Gasteiger partial charge in [-0.3, -0.25) is 0 Å². The second-order valence-electron chi connectivity index (χ2n) is 5.47. The molecule has 0 aromatic carbocycles. The number of aldehydes is 2. The zero-order chi connectivity index (χ0) is 10.8. The molecule has 5 atom stereocenters. The van der Waals surface area contributed by atoms with Gasteiger partial charge in [-0.2, -0.15) is 0 Å². The average Bonchev–Trinajstić information content (AvgIpc) is 2.86. The Bertz CT molecular complexity index is 249. The van der Waals surface area contributed by atoms with E-state index in [0.29, 0.717) is 0 Å². The lowest BCUT2D eigenvalue weighted by Gasteiger charge is -2.25. The summed E-state index contributed by atoms with van der Waals surface area (Å²) in [6.45, 7) is 1.86. The van der Waals surface area contributed by atoms with Crippen molar-refractivity contribution in [3.05, 3.63) is 0 Å². The molecule has 0 aromatic heterocycles. The minimum atomic E-state index is -0.0957. The van der Waals surface area contributed by atoms with Crippen LogP contribution in [0.2, 0.25) is 0 Å². The summed E-state index contributed by atoms with van der Waals surface area (Å²) >= 11 is 0. The molecule has 5 unspecified atom stereocenters. The van der Waals surface area contributed by atoms with Crippen molar-refractivity contribution in [3.63, 3.8) is 0 Å². The van der Waals surface area contributed by atoms with Crippen molar-refractivity contribution in [2.75, 3.05) is 0 Å². The van der Waals surface area contributed by atoms with Crippen molar-refractivity contribution in [2.24, 2.45) is 29.6 Å². The van der Waals surface area contributed by atoms with Crippen LogP contribution >= 0.6 is 0 Å². The average molecular weight is 208 g/mol. The molecule has 0 saturated heterocycles. The molecular weight excluding hydrogens is 188 g/mol. The normalized spacial score (nSPS) is 37.5. The van der Waals surface area contributed by atoms with E-state index in [-0.39, 0.29) is 11.8 Å². The Morgan fingerprint density at radius 3 is 2.47 bits per heavy atom. The molecule has 2 nitrogen and oxygen atoms in total. The van der Waals surface area contributed by atoms with Crippen molar-refractivity contribution in [2.45, 2.75) is 39.0 Å². The Morgan fingerprint density at radius 2 is 2.00 bits per heavy atom.